The number of carbonyl (C=O) groups is 2. The summed E-state index contributed by atoms with van der Waals surface area (Å²) in [6.45, 7) is 7.85. The summed E-state index contributed by atoms with van der Waals surface area (Å²) < 4.78 is 5.18. The summed E-state index contributed by atoms with van der Waals surface area (Å²) in [6.07, 6.45) is 0.782. The quantitative estimate of drug-likeness (QED) is 0.718. The third-order valence-corrected chi connectivity index (χ3v) is 3.11. The highest BCUT2D eigenvalue weighted by Crippen LogP contribution is 2.13. The molecule has 0 bridgehead atoms. The molecule has 6 nitrogen and oxygen atoms in total. The van der Waals surface area contributed by atoms with E-state index in [9.17, 15) is 9.59 Å². The fraction of sp³-hybridized carbons (Fsp3) is 0.529. The number of carbonyl (C=O) groups excluding carboxylic acids is 1. The van der Waals surface area contributed by atoms with Gasteiger partial charge in [-0.15, -0.1) is 0 Å². The van der Waals surface area contributed by atoms with Crippen LogP contribution in [0.25, 0.3) is 0 Å². The fourth-order valence-electron chi connectivity index (χ4n) is 1.97. The summed E-state index contributed by atoms with van der Waals surface area (Å²) in [6, 6.07) is 6.89. The van der Waals surface area contributed by atoms with Gasteiger partial charge in [-0.2, -0.15) is 0 Å². The van der Waals surface area contributed by atoms with Gasteiger partial charge in [0.1, 0.15) is 11.6 Å². The SMILES string of the molecule is CCC(NCCc1ccc(NC(=O)OC(C)(C)C)cc1)C(=O)O. The Kier molecular flexibility index (Phi) is 7.03. The standard InChI is InChI=1S/C17H26N2O4/c1-5-14(15(20)21)18-11-10-12-6-8-13(9-7-12)19-16(22)23-17(2,3)4/h6-9,14,18H,5,10-11H2,1-4H3,(H,19,22)(H,20,21). The van der Waals surface area contributed by atoms with E-state index in [0.717, 1.165) is 12.0 Å². The van der Waals surface area contributed by atoms with Gasteiger partial charge in [0.05, 0.1) is 0 Å². The topological polar surface area (TPSA) is 87.7 Å². The van der Waals surface area contributed by atoms with Crippen molar-refractivity contribution in [2.45, 2.75) is 52.2 Å². The van der Waals surface area contributed by atoms with Crippen molar-refractivity contribution in [1.82, 2.24) is 5.32 Å². The van der Waals surface area contributed by atoms with Gasteiger partial charge < -0.3 is 15.2 Å². The smallest absolute Gasteiger partial charge is 0.412 e. The Morgan fingerprint density at radius 3 is 2.30 bits per heavy atom. The van der Waals surface area contributed by atoms with Gasteiger partial charge in [0.15, 0.2) is 0 Å². The molecular weight excluding hydrogens is 296 g/mol. The van der Waals surface area contributed by atoms with Crippen LogP contribution in [0.1, 0.15) is 39.7 Å². The minimum Gasteiger partial charge on any atom is -0.480 e. The second kappa shape index (κ2) is 8.53. The maximum atomic E-state index is 11.7. The maximum Gasteiger partial charge on any atom is 0.412 e. The van der Waals surface area contributed by atoms with Crippen molar-refractivity contribution in [3.8, 4) is 0 Å². The number of carboxylic acid groups (broad SMARTS) is 1. The second-order valence-corrected chi connectivity index (χ2v) is 6.33. The van der Waals surface area contributed by atoms with Gasteiger partial charge in [0, 0.05) is 5.69 Å². The first-order valence-electron chi connectivity index (χ1n) is 7.76. The number of carboxylic acids is 1. The molecule has 1 unspecified atom stereocenters. The van der Waals surface area contributed by atoms with Crippen LogP contribution < -0.4 is 10.6 Å². The Labute approximate surface area is 137 Å². The van der Waals surface area contributed by atoms with Crippen LogP contribution in [-0.4, -0.2) is 35.4 Å². The molecule has 128 valence electrons. The van der Waals surface area contributed by atoms with Crippen LogP contribution in [0.4, 0.5) is 10.5 Å². The summed E-state index contributed by atoms with van der Waals surface area (Å²) in [5, 5.41) is 14.6. The lowest BCUT2D eigenvalue weighted by Gasteiger charge is -2.19. The highest BCUT2D eigenvalue weighted by atomic mass is 16.6. The molecule has 0 heterocycles. The van der Waals surface area contributed by atoms with E-state index in [4.69, 9.17) is 9.84 Å². The molecule has 1 atom stereocenters. The number of anilines is 1. The van der Waals surface area contributed by atoms with Crippen molar-refractivity contribution in [2.24, 2.45) is 0 Å². The minimum absolute atomic E-state index is 0.487. The number of amides is 1. The van der Waals surface area contributed by atoms with Crippen LogP contribution in [0.5, 0.6) is 0 Å². The molecule has 1 aromatic carbocycles. The molecular formula is C17H26N2O4. The lowest BCUT2D eigenvalue weighted by molar-refractivity contribution is -0.139. The van der Waals surface area contributed by atoms with E-state index < -0.39 is 23.7 Å². The normalized spacial score (nSPS) is 12.5. The van der Waals surface area contributed by atoms with Crippen LogP contribution >= 0.6 is 0 Å². The first-order valence-corrected chi connectivity index (χ1v) is 7.76. The molecule has 23 heavy (non-hydrogen) atoms. The molecule has 0 saturated heterocycles. The second-order valence-electron chi connectivity index (χ2n) is 6.33. The van der Waals surface area contributed by atoms with Gasteiger partial charge in [-0.05, 0) is 57.9 Å². The van der Waals surface area contributed by atoms with Crippen LogP contribution in [0, 0.1) is 0 Å². The van der Waals surface area contributed by atoms with Crippen LogP contribution in [-0.2, 0) is 16.0 Å². The van der Waals surface area contributed by atoms with E-state index in [2.05, 4.69) is 10.6 Å². The van der Waals surface area contributed by atoms with E-state index in [1.807, 2.05) is 39.8 Å². The Morgan fingerprint density at radius 1 is 1.22 bits per heavy atom. The monoisotopic (exact) mass is 322 g/mol. The van der Waals surface area contributed by atoms with Gasteiger partial charge in [0.25, 0.3) is 0 Å². The zero-order valence-corrected chi connectivity index (χ0v) is 14.2. The summed E-state index contributed by atoms with van der Waals surface area (Å²) >= 11 is 0. The third-order valence-electron chi connectivity index (χ3n) is 3.11. The van der Waals surface area contributed by atoms with Crippen molar-refractivity contribution in [1.29, 1.82) is 0 Å². The van der Waals surface area contributed by atoms with E-state index in [1.54, 1.807) is 12.1 Å². The van der Waals surface area contributed by atoms with Crippen LogP contribution in [0.2, 0.25) is 0 Å². The van der Waals surface area contributed by atoms with Crippen LogP contribution in [0.15, 0.2) is 24.3 Å². The number of benzene rings is 1. The summed E-state index contributed by atoms with van der Waals surface area (Å²) in [7, 11) is 0. The fourth-order valence-corrected chi connectivity index (χ4v) is 1.97. The Balaban J connectivity index is 2.44. The number of aliphatic carboxylic acids is 1. The van der Waals surface area contributed by atoms with E-state index >= 15 is 0 Å². The predicted molar refractivity (Wildman–Crippen MR) is 89.7 cm³/mol. The third kappa shape index (κ3) is 7.65. The highest BCUT2D eigenvalue weighted by molar-refractivity contribution is 5.84. The number of hydrogen-bond acceptors (Lipinski definition) is 4. The van der Waals surface area contributed by atoms with Crippen molar-refractivity contribution < 1.29 is 19.4 Å². The number of ether oxygens (including phenoxy) is 1. The zero-order valence-electron chi connectivity index (χ0n) is 14.2. The van der Waals surface area contributed by atoms with Crippen molar-refractivity contribution in [3.63, 3.8) is 0 Å². The molecule has 0 aliphatic carbocycles. The van der Waals surface area contributed by atoms with E-state index in [1.165, 1.54) is 0 Å². The van der Waals surface area contributed by atoms with E-state index in [0.29, 0.717) is 18.7 Å². The molecule has 0 aliphatic rings. The van der Waals surface area contributed by atoms with Crippen molar-refractivity contribution in [2.75, 3.05) is 11.9 Å². The largest absolute Gasteiger partial charge is 0.480 e. The number of hydrogen-bond donors (Lipinski definition) is 3. The molecule has 0 spiro atoms. The zero-order chi connectivity index (χ0) is 17.5. The van der Waals surface area contributed by atoms with Crippen molar-refractivity contribution >= 4 is 17.7 Å². The average molecular weight is 322 g/mol. The predicted octanol–water partition coefficient (Wildman–Crippen LogP) is 3.03. The molecule has 3 N–H and O–H groups in total. The lowest BCUT2D eigenvalue weighted by atomic mass is 10.1. The Bertz CT molecular complexity index is 520. The number of rotatable bonds is 7. The first kappa shape index (κ1) is 19.0. The minimum atomic E-state index is -0.829. The summed E-state index contributed by atoms with van der Waals surface area (Å²) in [5.74, 6) is -0.829. The number of nitrogens with one attached hydrogen (secondary N) is 2. The van der Waals surface area contributed by atoms with E-state index in [-0.39, 0.29) is 0 Å². The summed E-state index contributed by atoms with van der Waals surface area (Å²) in [4.78, 5) is 22.6. The van der Waals surface area contributed by atoms with Gasteiger partial charge in [0.2, 0.25) is 0 Å². The molecule has 0 radical (unpaired) electrons. The van der Waals surface area contributed by atoms with Crippen molar-refractivity contribution in [3.05, 3.63) is 29.8 Å². The Hall–Kier alpha value is -2.08. The molecule has 1 rings (SSSR count). The van der Waals surface area contributed by atoms with Gasteiger partial charge >= 0.3 is 12.1 Å². The molecule has 0 fully saturated rings. The molecule has 6 heteroatoms. The average Bonchev–Trinajstić information content (AvgIpc) is 2.42. The van der Waals surface area contributed by atoms with Gasteiger partial charge in [-0.3, -0.25) is 10.1 Å². The maximum absolute atomic E-state index is 11.7. The molecule has 1 amide bonds. The van der Waals surface area contributed by atoms with Crippen LogP contribution in [0.3, 0.4) is 0 Å². The molecule has 0 aliphatic heterocycles. The molecule has 1 aromatic rings. The first-order chi connectivity index (χ1) is 10.7. The van der Waals surface area contributed by atoms with Gasteiger partial charge in [-0.1, -0.05) is 19.1 Å². The van der Waals surface area contributed by atoms with Gasteiger partial charge in [-0.25, -0.2) is 4.79 Å². The summed E-state index contributed by atoms with van der Waals surface area (Å²) in [5.41, 5.74) is 1.19. The molecule has 0 aromatic heterocycles. The molecule has 0 saturated carbocycles. The lowest BCUT2D eigenvalue weighted by Crippen LogP contribution is -2.37. The Morgan fingerprint density at radius 2 is 1.83 bits per heavy atom. The highest BCUT2D eigenvalue weighted by Gasteiger charge is 2.16.